The van der Waals surface area contributed by atoms with Gasteiger partial charge < -0.3 is 9.84 Å². The molecule has 0 aliphatic carbocycles. The third-order valence-electron chi connectivity index (χ3n) is 2.06. The molecule has 0 amide bonds. The second-order valence-electron chi connectivity index (χ2n) is 3.50. The van der Waals surface area contributed by atoms with Crippen molar-refractivity contribution in [2.24, 2.45) is 0 Å². The van der Waals surface area contributed by atoms with Gasteiger partial charge in [0, 0.05) is 12.1 Å². The highest BCUT2D eigenvalue weighted by Gasteiger charge is 2.15. The van der Waals surface area contributed by atoms with Crippen LogP contribution < -0.4 is 4.74 Å². The molecule has 0 saturated carbocycles. The fourth-order valence-electron chi connectivity index (χ4n) is 1.28. The Morgan fingerprint density at radius 1 is 1.56 bits per heavy atom. The van der Waals surface area contributed by atoms with Gasteiger partial charge in [-0.15, -0.1) is 0 Å². The number of nitro benzene ring substituents is 1. The fraction of sp³-hybridized carbons (Fsp3) is 0.250. The van der Waals surface area contributed by atoms with E-state index in [1.165, 1.54) is 18.2 Å². The van der Waals surface area contributed by atoms with Gasteiger partial charge in [-0.1, -0.05) is 13.0 Å². The van der Waals surface area contributed by atoms with E-state index in [2.05, 4.69) is 0 Å². The molecular weight excluding hydrogens is 238 g/mol. The summed E-state index contributed by atoms with van der Waals surface area (Å²) < 4.78 is 5.25. The average Bonchev–Trinajstić information content (AvgIpc) is 2.34. The maximum absolute atomic E-state index is 10.9. The Bertz CT molecular complexity index is 481. The van der Waals surface area contributed by atoms with Crippen LogP contribution in [0.25, 0.3) is 6.08 Å². The van der Waals surface area contributed by atoms with Gasteiger partial charge in [-0.2, -0.15) is 0 Å². The van der Waals surface area contributed by atoms with Crippen molar-refractivity contribution in [3.8, 4) is 5.75 Å². The number of nitrogens with zero attached hydrogens (tertiary/aromatic N) is 1. The van der Waals surface area contributed by atoms with E-state index in [4.69, 9.17) is 9.84 Å². The fourth-order valence-corrected chi connectivity index (χ4v) is 1.28. The van der Waals surface area contributed by atoms with Gasteiger partial charge in [0.1, 0.15) is 0 Å². The standard InChI is InChI=1S/C12H13NO5/c1-2-7-18-11-5-3-9(4-6-12(14)15)8-10(11)13(16)17/h3-6,8H,2,7H2,1H3,(H,14,15)/b6-4+. The number of nitro groups is 1. The predicted molar refractivity (Wildman–Crippen MR) is 65.6 cm³/mol. The minimum Gasteiger partial charge on any atom is -0.487 e. The largest absolute Gasteiger partial charge is 0.487 e. The van der Waals surface area contributed by atoms with Crippen LogP contribution in [0, 0.1) is 10.1 Å². The molecule has 1 rings (SSSR count). The lowest BCUT2D eigenvalue weighted by atomic mass is 10.1. The summed E-state index contributed by atoms with van der Waals surface area (Å²) >= 11 is 0. The second kappa shape index (κ2) is 6.39. The summed E-state index contributed by atoms with van der Waals surface area (Å²) in [5.74, 6) is -0.918. The number of hydrogen-bond acceptors (Lipinski definition) is 4. The highest BCUT2D eigenvalue weighted by molar-refractivity contribution is 5.85. The van der Waals surface area contributed by atoms with Gasteiger partial charge in [-0.3, -0.25) is 10.1 Å². The summed E-state index contributed by atoms with van der Waals surface area (Å²) in [7, 11) is 0. The number of carboxylic acids is 1. The van der Waals surface area contributed by atoms with Crippen molar-refractivity contribution in [3.63, 3.8) is 0 Å². The second-order valence-corrected chi connectivity index (χ2v) is 3.50. The van der Waals surface area contributed by atoms with Crippen LogP contribution in [0.1, 0.15) is 18.9 Å². The Morgan fingerprint density at radius 3 is 2.83 bits per heavy atom. The van der Waals surface area contributed by atoms with Gasteiger partial charge >= 0.3 is 11.7 Å². The molecule has 1 N–H and O–H groups in total. The highest BCUT2D eigenvalue weighted by atomic mass is 16.6. The van der Waals surface area contributed by atoms with E-state index < -0.39 is 10.9 Å². The zero-order valence-electron chi connectivity index (χ0n) is 9.83. The summed E-state index contributed by atoms with van der Waals surface area (Å²) in [5, 5.41) is 19.3. The lowest BCUT2D eigenvalue weighted by Gasteiger charge is -2.05. The topological polar surface area (TPSA) is 89.7 Å². The molecule has 1 aromatic rings. The van der Waals surface area contributed by atoms with Gasteiger partial charge in [0.2, 0.25) is 0 Å². The Labute approximate surface area is 104 Å². The van der Waals surface area contributed by atoms with E-state index in [1.54, 1.807) is 6.07 Å². The first kappa shape index (κ1) is 13.7. The molecule has 0 aliphatic rings. The molecular formula is C12H13NO5. The van der Waals surface area contributed by atoms with Crippen LogP contribution in [-0.4, -0.2) is 22.6 Å². The molecule has 0 heterocycles. The molecule has 0 saturated heterocycles. The molecule has 6 nitrogen and oxygen atoms in total. The van der Waals surface area contributed by atoms with Crippen LogP contribution in [0.15, 0.2) is 24.3 Å². The van der Waals surface area contributed by atoms with Crippen molar-refractivity contribution in [2.75, 3.05) is 6.61 Å². The minimum absolute atomic E-state index is 0.170. The third kappa shape index (κ3) is 3.89. The van der Waals surface area contributed by atoms with E-state index in [9.17, 15) is 14.9 Å². The van der Waals surface area contributed by atoms with Gasteiger partial charge in [0.25, 0.3) is 0 Å². The molecule has 0 atom stereocenters. The normalized spacial score (nSPS) is 10.5. The molecule has 0 unspecified atom stereocenters. The average molecular weight is 251 g/mol. The molecule has 0 aliphatic heterocycles. The van der Waals surface area contributed by atoms with Gasteiger partial charge in [-0.25, -0.2) is 4.79 Å². The molecule has 0 bridgehead atoms. The number of carboxylic acid groups (broad SMARTS) is 1. The molecule has 6 heteroatoms. The van der Waals surface area contributed by atoms with E-state index in [0.717, 1.165) is 12.5 Å². The predicted octanol–water partition coefficient (Wildman–Crippen LogP) is 2.48. The molecule has 0 fully saturated rings. The number of aliphatic carboxylic acids is 1. The van der Waals surface area contributed by atoms with E-state index in [0.29, 0.717) is 12.2 Å². The van der Waals surface area contributed by atoms with Crippen molar-refractivity contribution < 1.29 is 19.6 Å². The molecule has 96 valence electrons. The summed E-state index contributed by atoms with van der Waals surface area (Å²) in [6.45, 7) is 2.29. The zero-order chi connectivity index (χ0) is 13.5. The van der Waals surface area contributed by atoms with Crippen LogP contribution in [0.4, 0.5) is 5.69 Å². The highest BCUT2D eigenvalue weighted by Crippen LogP contribution is 2.28. The summed E-state index contributed by atoms with van der Waals surface area (Å²) in [6.07, 6.45) is 2.96. The zero-order valence-corrected chi connectivity index (χ0v) is 9.83. The maximum Gasteiger partial charge on any atom is 0.328 e. The van der Waals surface area contributed by atoms with Gasteiger partial charge in [0.05, 0.1) is 11.5 Å². The van der Waals surface area contributed by atoms with Crippen LogP contribution in [0.5, 0.6) is 5.75 Å². The molecule has 18 heavy (non-hydrogen) atoms. The van der Waals surface area contributed by atoms with Crippen molar-refractivity contribution in [1.29, 1.82) is 0 Å². The Kier molecular flexibility index (Phi) is 4.86. The molecule has 0 radical (unpaired) electrons. The van der Waals surface area contributed by atoms with Crippen molar-refractivity contribution >= 4 is 17.7 Å². The Hall–Kier alpha value is -2.37. The van der Waals surface area contributed by atoms with Crippen molar-refractivity contribution in [1.82, 2.24) is 0 Å². The summed E-state index contributed by atoms with van der Waals surface area (Å²) in [4.78, 5) is 20.7. The first-order valence-corrected chi connectivity index (χ1v) is 5.37. The smallest absolute Gasteiger partial charge is 0.328 e. The molecule has 0 aromatic heterocycles. The van der Waals surface area contributed by atoms with Crippen LogP contribution in [0.2, 0.25) is 0 Å². The summed E-state index contributed by atoms with van der Waals surface area (Å²) in [6, 6.07) is 4.32. The van der Waals surface area contributed by atoms with Gasteiger partial charge in [-0.05, 0) is 24.1 Å². The first-order valence-electron chi connectivity index (χ1n) is 5.37. The lowest BCUT2D eigenvalue weighted by molar-refractivity contribution is -0.385. The number of rotatable bonds is 6. The van der Waals surface area contributed by atoms with E-state index in [-0.39, 0.29) is 11.4 Å². The monoisotopic (exact) mass is 251 g/mol. The van der Waals surface area contributed by atoms with Crippen LogP contribution >= 0.6 is 0 Å². The molecule has 0 spiro atoms. The maximum atomic E-state index is 10.9. The van der Waals surface area contributed by atoms with Crippen LogP contribution in [-0.2, 0) is 4.79 Å². The third-order valence-corrected chi connectivity index (χ3v) is 2.06. The molecule has 1 aromatic carbocycles. The quantitative estimate of drug-likeness (QED) is 0.476. The summed E-state index contributed by atoms with van der Waals surface area (Å²) in [5.41, 5.74) is 0.268. The van der Waals surface area contributed by atoms with Crippen molar-refractivity contribution in [2.45, 2.75) is 13.3 Å². The van der Waals surface area contributed by atoms with Crippen LogP contribution in [0.3, 0.4) is 0 Å². The number of carbonyl (C=O) groups is 1. The number of hydrogen-bond donors (Lipinski definition) is 1. The first-order chi connectivity index (χ1) is 8.54. The van der Waals surface area contributed by atoms with Gasteiger partial charge in [0.15, 0.2) is 5.75 Å². The minimum atomic E-state index is -1.11. The SMILES string of the molecule is CCCOc1ccc(/C=C/C(=O)O)cc1[N+](=O)[O-]. The Balaban J connectivity index is 3.03. The van der Waals surface area contributed by atoms with E-state index in [1.807, 2.05) is 6.92 Å². The number of ether oxygens (including phenoxy) is 1. The van der Waals surface area contributed by atoms with E-state index >= 15 is 0 Å². The van der Waals surface area contributed by atoms with Crippen molar-refractivity contribution in [3.05, 3.63) is 40.0 Å². The Morgan fingerprint density at radius 2 is 2.28 bits per heavy atom. The lowest BCUT2D eigenvalue weighted by Crippen LogP contribution is -1.99. The number of benzene rings is 1.